The molecule has 0 aliphatic carbocycles. The summed E-state index contributed by atoms with van der Waals surface area (Å²) in [5, 5.41) is 14.3. The first-order valence-electron chi connectivity index (χ1n) is 16.3. The standard InChI is InChI=1S/C32H30ClF2N7O2S/c33-25-23(17-3-1-4-21-22(17)18(10-36)29(37)45-21)26(35)27-24-28(25)43-13-20-19-6-5-16(38-19)12-42(20)30(24)40-31(39-27)44-14-32-7-2-8-41(32)11-15(34)9-32/h1,3-4,15-16,19-20,38H,2,5-9,11-14,37H2/t15-,16?,19?,20?,32+/m1/s1/i12D2. The summed E-state index contributed by atoms with van der Waals surface area (Å²) in [7, 11) is 0. The van der Waals surface area contributed by atoms with Gasteiger partial charge < -0.3 is 25.4 Å². The number of thiophene rings is 1. The number of nitrogens with two attached hydrogens (primary N) is 1. The van der Waals surface area contributed by atoms with E-state index in [1.165, 1.54) is 11.3 Å². The minimum atomic E-state index is -1.90. The predicted molar refractivity (Wildman–Crippen MR) is 170 cm³/mol. The molecular formula is C32H30ClF2N7O2S. The van der Waals surface area contributed by atoms with Gasteiger partial charge in [-0.3, -0.25) is 4.90 Å². The van der Waals surface area contributed by atoms with E-state index in [9.17, 15) is 12.4 Å². The Hall–Kier alpha value is -3.50. The number of anilines is 2. The number of rotatable bonds is 4. The van der Waals surface area contributed by atoms with E-state index >= 15 is 4.39 Å². The summed E-state index contributed by atoms with van der Waals surface area (Å²) in [5.74, 6) is -0.505. The second-order valence-corrected chi connectivity index (χ2v) is 14.1. The van der Waals surface area contributed by atoms with Crippen molar-refractivity contribution in [1.82, 2.24) is 20.2 Å². The van der Waals surface area contributed by atoms with Gasteiger partial charge in [0.15, 0.2) is 11.6 Å². The van der Waals surface area contributed by atoms with E-state index in [0.717, 1.165) is 25.8 Å². The smallest absolute Gasteiger partial charge is 0.319 e. The maximum absolute atomic E-state index is 17.2. The second-order valence-electron chi connectivity index (χ2n) is 12.7. The van der Waals surface area contributed by atoms with Crippen molar-refractivity contribution in [2.24, 2.45) is 0 Å². The Kier molecular flexibility index (Phi) is 5.70. The Bertz CT molecular complexity index is 2040. The number of benzene rings is 2. The van der Waals surface area contributed by atoms with Gasteiger partial charge in [-0.15, -0.1) is 11.3 Å². The molecule has 0 saturated carbocycles. The van der Waals surface area contributed by atoms with Crippen LogP contribution in [0.4, 0.5) is 19.6 Å². The van der Waals surface area contributed by atoms with E-state index in [1.807, 2.05) is 6.07 Å². The van der Waals surface area contributed by atoms with Crippen molar-refractivity contribution < 1.29 is 21.0 Å². The number of piperazine rings is 1. The van der Waals surface area contributed by atoms with Gasteiger partial charge in [-0.05, 0) is 43.9 Å². The van der Waals surface area contributed by atoms with Crippen LogP contribution in [0.15, 0.2) is 18.2 Å². The van der Waals surface area contributed by atoms with Gasteiger partial charge in [0.25, 0.3) is 0 Å². The van der Waals surface area contributed by atoms with Crippen molar-refractivity contribution in [3.63, 3.8) is 0 Å². The third-order valence-electron chi connectivity index (χ3n) is 10.2. The summed E-state index contributed by atoms with van der Waals surface area (Å²) >= 11 is 8.32. The van der Waals surface area contributed by atoms with Gasteiger partial charge in [-0.25, -0.2) is 8.78 Å². The van der Waals surface area contributed by atoms with Crippen LogP contribution in [0.3, 0.4) is 0 Å². The molecule has 4 saturated heterocycles. The minimum Gasteiger partial charge on any atom is -0.489 e. The van der Waals surface area contributed by atoms with Gasteiger partial charge in [0.1, 0.15) is 41.8 Å². The summed E-state index contributed by atoms with van der Waals surface area (Å²) in [4.78, 5) is 13.1. The van der Waals surface area contributed by atoms with Gasteiger partial charge in [0.05, 0.1) is 30.3 Å². The zero-order valence-electron chi connectivity index (χ0n) is 26.1. The molecule has 5 aliphatic rings. The summed E-state index contributed by atoms with van der Waals surface area (Å²) in [6.07, 6.45) is 2.42. The zero-order valence-corrected chi connectivity index (χ0v) is 25.6. The molecule has 0 spiro atoms. The fraction of sp³-hybridized carbons (Fsp3) is 0.469. The highest BCUT2D eigenvalue weighted by molar-refractivity contribution is 7.23. The molecule has 45 heavy (non-hydrogen) atoms. The van der Waals surface area contributed by atoms with Crippen LogP contribution < -0.4 is 25.4 Å². The van der Waals surface area contributed by atoms with Crippen LogP contribution in [0.25, 0.3) is 32.1 Å². The van der Waals surface area contributed by atoms with E-state index in [-0.39, 0.29) is 63.9 Å². The Labute approximate surface area is 269 Å². The Balaban J connectivity index is 1.28. The minimum absolute atomic E-state index is 0.0104. The number of nitrogen functional groups attached to an aromatic ring is 1. The van der Waals surface area contributed by atoms with E-state index < -0.39 is 36.1 Å². The average Bonchev–Trinajstić information content (AvgIpc) is 3.77. The van der Waals surface area contributed by atoms with Crippen molar-refractivity contribution in [3.8, 4) is 29.0 Å². The maximum Gasteiger partial charge on any atom is 0.319 e. The lowest BCUT2D eigenvalue weighted by Gasteiger charge is -2.40. The van der Waals surface area contributed by atoms with Crippen LogP contribution in [0.5, 0.6) is 11.8 Å². The van der Waals surface area contributed by atoms with Crippen LogP contribution in [-0.4, -0.2) is 77.5 Å². The van der Waals surface area contributed by atoms with Crippen LogP contribution >= 0.6 is 22.9 Å². The SMILES string of the molecule is [2H]C1([2H])C2CCC(N2)C2COc3c(Cl)c(-c4cccc5sc(N)c(C#N)c45)c(F)c4nc(OC[C@@]56CCCN5C[C@H](F)C6)nc(c34)N21. The normalized spacial score (nSPS) is 30.4. The number of alkyl halides is 1. The molecule has 2 bridgehead atoms. The summed E-state index contributed by atoms with van der Waals surface area (Å²) in [6, 6.07) is 6.20. The Morgan fingerprint density at radius 2 is 2.22 bits per heavy atom. The van der Waals surface area contributed by atoms with E-state index in [0.29, 0.717) is 40.0 Å². The third-order valence-corrected chi connectivity index (χ3v) is 11.5. The molecule has 3 N–H and O–H groups in total. The Morgan fingerprint density at radius 3 is 3.09 bits per heavy atom. The Morgan fingerprint density at radius 1 is 1.33 bits per heavy atom. The molecular weight excluding hydrogens is 620 g/mol. The number of ether oxygens (including phenoxy) is 2. The monoisotopic (exact) mass is 651 g/mol. The lowest BCUT2D eigenvalue weighted by Crippen LogP contribution is -2.60. The summed E-state index contributed by atoms with van der Waals surface area (Å²) < 4.78 is 63.6. The molecule has 232 valence electrons. The van der Waals surface area contributed by atoms with Gasteiger partial charge >= 0.3 is 6.01 Å². The molecule has 3 unspecified atom stereocenters. The zero-order chi connectivity index (χ0) is 32.4. The fourth-order valence-corrected chi connectivity index (χ4v) is 9.46. The van der Waals surface area contributed by atoms with Crippen molar-refractivity contribution in [1.29, 1.82) is 5.26 Å². The number of hydrogen-bond acceptors (Lipinski definition) is 10. The van der Waals surface area contributed by atoms with Crippen molar-refractivity contribution in [2.45, 2.75) is 61.9 Å². The molecule has 2 aromatic carbocycles. The van der Waals surface area contributed by atoms with Crippen LogP contribution in [0.2, 0.25) is 5.02 Å². The number of nitrogens with one attached hydrogen (secondary N) is 1. The van der Waals surface area contributed by atoms with Gasteiger partial charge in [-0.2, -0.15) is 15.2 Å². The number of aromatic nitrogens is 2. The number of halogens is 3. The predicted octanol–water partition coefficient (Wildman–Crippen LogP) is 5.41. The van der Waals surface area contributed by atoms with Crippen molar-refractivity contribution in [3.05, 3.63) is 34.6 Å². The number of hydrogen-bond donors (Lipinski definition) is 2. The first kappa shape index (κ1) is 25.7. The quantitative estimate of drug-likeness (QED) is 0.299. The highest BCUT2D eigenvalue weighted by Crippen LogP contribution is 2.51. The summed E-state index contributed by atoms with van der Waals surface area (Å²) in [5.41, 5.74) is 6.12. The first-order valence-corrected chi connectivity index (χ1v) is 16.4. The molecule has 7 heterocycles. The first-order chi connectivity index (χ1) is 22.6. The highest BCUT2D eigenvalue weighted by atomic mass is 35.5. The lowest BCUT2D eigenvalue weighted by atomic mass is 9.95. The maximum atomic E-state index is 17.2. The molecule has 4 fully saturated rings. The third kappa shape index (κ3) is 4.00. The van der Waals surface area contributed by atoms with Gasteiger partial charge in [0.2, 0.25) is 0 Å². The van der Waals surface area contributed by atoms with Gasteiger partial charge in [0, 0.05) is 47.2 Å². The average molecular weight is 652 g/mol. The summed E-state index contributed by atoms with van der Waals surface area (Å²) in [6.45, 7) is -0.603. The number of nitrogens with zero attached hydrogens (tertiary/aromatic N) is 5. The molecule has 5 atom stereocenters. The van der Waals surface area contributed by atoms with Crippen LogP contribution in [-0.2, 0) is 0 Å². The van der Waals surface area contributed by atoms with E-state index in [4.69, 9.17) is 31.8 Å². The van der Waals surface area contributed by atoms with Crippen LogP contribution in [0, 0.1) is 17.1 Å². The molecule has 5 aliphatic heterocycles. The van der Waals surface area contributed by atoms with Gasteiger partial charge in [-0.1, -0.05) is 23.7 Å². The molecule has 0 radical (unpaired) electrons. The second kappa shape index (κ2) is 10.00. The fourth-order valence-electron chi connectivity index (χ4n) is 8.18. The topological polar surface area (TPSA) is 113 Å². The highest BCUT2D eigenvalue weighted by Gasteiger charge is 2.50. The molecule has 9 rings (SSSR count). The van der Waals surface area contributed by atoms with Crippen molar-refractivity contribution in [2.75, 3.05) is 43.4 Å². The van der Waals surface area contributed by atoms with E-state index in [1.54, 1.807) is 17.0 Å². The molecule has 9 nitrogen and oxygen atoms in total. The number of fused-ring (bicyclic) bond motifs is 7. The van der Waals surface area contributed by atoms with Crippen molar-refractivity contribution >= 4 is 54.7 Å². The molecule has 2 aromatic heterocycles. The van der Waals surface area contributed by atoms with E-state index in [2.05, 4.69) is 21.3 Å². The molecule has 0 amide bonds. The molecule has 4 aromatic rings. The molecule has 13 heteroatoms. The number of nitriles is 1. The lowest BCUT2D eigenvalue weighted by molar-refractivity contribution is 0.107. The largest absolute Gasteiger partial charge is 0.489 e. The van der Waals surface area contributed by atoms with Crippen LogP contribution in [0.1, 0.15) is 40.4 Å².